The molecule has 0 aliphatic rings. The second-order valence-electron chi connectivity index (χ2n) is 0.884. The number of alkyl halides is 3. The van der Waals surface area contributed by atoms with Crippen molar-refractivity contribution in [3.63, 3.8) is 0 Å². The molecule has 0 unspecified atom stereocenters. The van der Waals surface area contributed by atoms with E-state index in [-0.39, 0.29) is 7.43 Å². The van der Waals surface area contributed by atoms with Crippen LogP contribution in [0.1, 0.15) is 7.43 Å². The summed E-state index contributed by atoms with van der Waals surface area (Å²) in [5, 5.41) is 0. The highest BCUT2D eigenvalue weighted by atomic mass is 35.7. The van der Waals surface area contributed by atoms with Gasteiger partial charge in [0.25, 0.3) is 0 Å². The fourth-order valence-corrected chi connectivity index (χ4v) is 0. The first-order valence-electron chi connectivity index (χ1n) is 1.26. The van der Waals surface area contributed by atoms with Crippen molar-refractivity contribution in [3.05, 3.63) is 0 Å². The number of rotatable bonds is 0. The van der Waals surface area contributed by atoms with Gasteiger partial charge in [-0.2, -0.15) is 13.2 Å². The average Bonchev–Trinajstić information content (AvgIpc) is 1.25. The monoisotopic (exact) mass is 184 g/mol. The SMILES string of the molecule is C.O=S(=O)(Cl)C(F)(F)F. The Kier molecular flexibility index (Phi) is 3.59. The summed E-state index contributed by atoms with van der Waals surface area (Å²) in [5.74, 6) is 0. The molecule has 0 aliphatic heterocycles. The Balaban J connectivity index is 0. The molecule has 0 heterocycles. The zero-order chi connectivity index (χ0) is 7.00. The topological polar surface area (TPSA) is 34.1 Å². The second kappa shape index (κ2) is 2.74. The maximum absolute atomic E-state index is 10.8. The van der Waals surface area contributed by atoms with Crippen LogP contribution < -0.4 is 0 Å². The molecule has 0 rings (SSSR count). The maximum Gasteiger partial charge on any atom is 0.511 e. The molecule has 0 aromatic rings. The number of hydrogen-bond acceptors (Lipinski definition) is 2. The molecule has 0 atom stereocenters. The van der Waals surface area contributed by atoms with Crippen LogP contribution in [0, 0.1) is 0 Å². The molecule has 0 amide bonds. The molecule has 0 aromatic heterocycles. The molecule has 0 spiro atoms. The minimum atomic E-state index is -5.37. The van der Waals surface area contributed by atoms with Crippen molar-refractivity contribution in [3.8, 4) is 0 Å². The van der Waals surface area contributed by atoms with E-state index in [0.717, 1.165) is 0 Å². The van der Waals surface area contributed by atoms with E-state index >= 15 is 0 Å². The normalized spacial score (nSPS) is 12.4. The summed E-state index contributed by atoms with van der Waals surface area (Å²) in [6, 6.07) is 0. The zero-order valence-electron chi connectivity index (χ0n) is 3.24. The Labute approximate surface area is 55.0 Å². The Morgan fingerprint density at radius 1 is 1.22 bits per heavy atom. The van der Waals surface area contributed by atoms with Crippen molar-refractivity contribution in [2.45, 2.75) is 12.9 Å². The highest BCUT2D eigenvalue weighted by Crippen LogP contribution is 2.25. The van der Waals surface area contributed by atoms with Gasteiger partial charge in [0.2, 0.25) is 0 Å². The van der Waals surface area contributed by atoms with Crippen LogP contribution in [0.25, 0.3) is 0 Å². The summed E-state index contributed by atoms with van der Waals surface area (Å²) in [7, 11) is -1.51. The molecule has 0 aromatic carbocycles. The summed E-state index contributed by atoms with van der Waals surface area (Å²) in [6.07, 6.45) is 0. The number of halogens is 4. The molecule has 7 heteroatoms. The van der Waals surface area contributed by atoms with Crippen molar-refractivity contribution >= 4 is 19.7 Å². The van der Waals surface area contributed by atoms with Gasteiger partial charge in [-0.1, -0.05) is 7.43 Å². The van der Waals surface area contributed by atoms with Crippen LogP contribution in [0.15, 0.2) is 0 Å². The fourth-order valence-electron chi connectivity index (χ4n) is 0. The van der Waals surface area contributed by atoms with E-state index in [4.69, 9.17) is 0 Å². The van der Waals surface area contributed by atoms with Gasteiger partial charge in [-0.05, 0) is 0 Å². The van der Waals surface area contributed by atoms with Gasteiger partial charge in [-0.25, -0.2) is 8.42 Å². The van der Waals surface area contributed by atoms with Crippen LogP contribution >= 0.6 is 10.7 Å². The summed E-state index contributed by atoms with van der Waals surface area (Å²) in [6.45, 7) is 0. The molecule has 0 saturated heterocycles. The fraction of sp³-hybridized carbons (Fsp3) is 1.00. The summed E-state index contributed by atoms with van der Waals surface area (Å²) in [4.78, 5) is 0. The summed E-state index contributed by atoms with van der Waals surface area (Å²) in [5.41, 5.74) is -5.32. The minimum Gasteiger partial charge on any atom is -0.203 e. The standard InChI is InChI=1S/CClF3O2S.CH4/c2-8(6,7)1(3,4)5;/h;1H4. The van der Waals surface area contributed by atoms with E-state index in [9.17, 15) is 21.6 Å². The maximum atomic E-state index is 10.8. The Morgan fingerprint density at radius 3 is 1.33 bits per heavy atom. The van der Waals surface area contributed by atoms with Gasteiger partial charge in [0, 0.05) is 10.7 Å². The molecular formula is C2H4ClF3O2S. The van der Waals surface area contributed by atoms with Gasteiger partial charge in [0.15, 0.2) is 0 Å². The van der Waals surface area contributed by atoms with E-state index in [0.29, 0.717) is 0 Å². The predicted molar refractivity (Wildman–Crippen MR) is 27.6 cm³/mol. The number of hydrogen-bond donors (Lipinski definition) is 0. The molecular weight excluding hydrogens is 181 g/mol. The average molecular weight is 185 g/mol. The highest BCUT2D eigenvalue weighted by molar-refractivity contribution is 8.14. The predicted octanol–water partition coefficient (Wildman–Crippen LogP) is 1.71. The Bertz CT molecular complexity index is 169. The third-order valence-corrected chi connectivity index (χ3v) is 1.35. The quantitative estimate of drug-likeness (QED) is 0.537. The third kappa shape index (κ3) is 3.58. The van der Waals surface area contributed by atoms with E-state index in [1.807, 2.05) is 0 Å². The van der Waals surface area contributed by atoms with E-state index in [2.05, 4.69) is 10.7 Å². The smallest absolute Gasteiger partial charge is 0.203 e. The van der Waals surface area contributed by atoms with Gasteiger partial charge in [0.1, 0.15) is 0 Å². The molecule has 0 radical (unpaired) electrons. The molecule has 0 saturated carbocycles. The summed E-state index contributed by atoms with van der Waals surface area (Å²) < 4.78 is 51.1. The third-order valence-electron chi connectivity index (χ3n) is 0.276. The van der Waals surface area contributed by atoms with Crippen LogP contribution in [-0.4, -0.2) is 13.9 Å². The molecule has 58 valence electrons. The van der Waals surface area contributed by atoms with Crippen molar-refractivity contribution in [1.82, 2.24) is 0 Å². The largest absolute Gasteiger partial charge is 0.511 e. The lowest BCUT2D eigenvalue weighted by molar-refractivity contribution is -0.0412. The first kappa shape index (κ1) is 11.8. The van der Waals surface area contributed by atoms with Crippen LogP contribution in [0.3, 0.4) is 0 Å². The molecule has 0 aliphatic carbocycles. The van der Waals surface area contributed by atoms with Crippen molar-refractivity contribution < 1.29 is 21.6 Å². The summed E-state index contributed by atoms with van der Waals surface area (Å²) >= 11 is 0. The van der Waals surface area contributed by atoms with E-state index < -0.39 is 14.6 Å². The van der Waals surface area contributed by atoms with Gasteiger partial charge >= 0.3 is 14.6 Å². The van der Waals surface area contributed by atoms with Crippen LogP contribution in [0.4, 0.5) is 13.2 Å². The van der Waals surface area contributed by atoms with E-state index in [1.54, 1.807) is 0 Å². The molecule has 0 fully saturated rings. The van der Waals surface area contributed by atoms with Crippen LogP contribution in [0.2, 0.25) is 0 Å². The molecule has 2 nitrogen and oxygen atoms in total. The Hall–Kier alpha value is 0.0300. The highest BCUT2D eigenvalue weighted by Gasteiger charge is 2.44. The molecule has 0 N–H and O–H groups in total. The van der Waals surface area contributed by atoms with Gasteiger partial charge < -0.3 is 0 Å². The van der Waals surface area contributed by atoms with Gasteiger partial charge in [-0.15, -0.1) is 0 Å². The zero-order valence-corrected chi connectivity index (χ0v) is 4.81. The first-order valence-corrected chi connectivity index (χ1v) is 3.57. The lowest BCUT2D eigenvalue weighted by atomic mass is 11.6. The van der Waals surface area contributed by atoms with Gasteiger partial charge in [-0.3, -0.25) is 0 Å². The minimum absolute atomic E-state index is 0. The van der Waals surface area contributed by atoms with Crippen LogP contribution in [-0.2, 0) is 9.05 Å². The van der Waals surface area contributed by atoms with Crippen molar-refractivity contribution in [2.24, 2.45) is 0 Å². The lowest BCUT2D eigenvalue weighted by Gasteiger charge is -1.96. The van der Waals surface area contributed by atoms with Crippen LogP contribution in [0.5, 0.6) is 0 Å². The van der Waals surface area contributed by atoms with Crippen molar-refractivity contribution in [1.29, 1.82) is 0 Å². The Morgan fingerprint density at radius 2 is 1.33 bits per heavy atom. The second-order valence-corrected chi connectivity index (χ2v) is 3.44. The molecule has 0 bridgehead atoms. The van der Waals surface area contributed by atoms with E-state index in [1.165, 1.54) is 0 Å². The lowest BCUT2D eigenvalue weighted by Crippen LogP contribution is -2.16. The molecule has 9 heavy (non-hydrogen) atoms. The first-order chi connectivity index (χ1) is 3.25. The van der Waals surface area contributed by atoms with Gasteiger partial charge in [0.05, 0.1) is 0 Å². The van der Waals surface area contributed by atoms with Crippen molar-refractivity contribution in [2.75, 3.05) is 0 Å².